The monoisotopic (exact) mass is 462 g/mol. The molecule has 0 saturated carbocycles. The van der Waals surface area contributed by atoms with E-state index in [1.807, 2.05) is 6.07 Å². The molecule has 2 aromatic rings. The lowest BCUT2D eigenvalue weighted by Gasteiger charge is -2.24. The van der Waals surface area contributed by atoms with Gasteiger partial charge in [0.25, 0.3) is 0 Å². The smallest absolute Gasteiger partial charge is 0.323 e. The molecule has 33 heavy (non-hydrogen) atoms. The maximum absolute atomic E-state index is 12.1. The SMILES string of the molecule is C[C@H](NCOC[C@@]1(C#N)O[C@@H](c2ccc3c(N)ncnn23)[C@H](O)[C@@H]1O)C(=O)O[C@H]1CCOC1. The van der Waals surface area contributed by atoms with Gasteiger partial charge in [-0.05, 0) is 19.1 Å². The first-order valence-electron chi connectivity index (χ1n) is 10.5. The molecule has 178 valence electrons. The van der Waals surface area contributed by atoms with Crippen LogP contribution in [0.3, 0.4) is 0 Å². The van der Waals surface area contributed by atoms with E-state index in [-0.39, 0.29) is 25.3 Å². The van der Waals surface area contributed by atoms with Gasteiger partial charge in [0.2, 0.25) is 5.60 Å². The number of nitrogens with two attached hydrogens (primary N) is 1. The number of ether oxygens (including phenoxy) is 4. The number of fused-ring (bicyclic) bond motifs is 1. The molecule has 0 spiro atoms. The summed E-state index contributed by atoms with van der Waals surface area (Å²) in [5.74, 6) is -0.212. The highest BCUT2D eigenvalue weighted by Crippen LogP contribution is 2.40. The molecule has 2 fully saturated rings. The average molecular weight is 462 g/mol. The highest BCUT2D eigenvalue weighted by Gasteiger charge is 2.56. The van der Waals surface area contributed by atoms with Gasteiger partial charge in [0.05, 0.1) is 32.2 Å². The van der Waals surface area contributed by atoms with Crippen LogP contribution in [0.2, 0.25) is 0 Å². The summed E-state index contributed by atoms with van der Waals surface area (Å²) in [5.41, 5.74) is 4.90. The zero-order valence-corrected chi connectivity index (χ0v) is 18.0. The van der Waals surface area contributed by atoms with Gasteiger partial charge >= 0.3 is 5.97 Å². The molecular formula is C20H26N6O7. The molecular weight excluding hydrogens is 436 g/mol. The first-order chi connectivity index (χ1) is 15.9. The zero-order chi connectivity index (χ0) is 23.6. The van der Waals surface area contributed by atoms with Gasteiger partial charge in [-0.3, -0.25) is 10.1 Å². The number of aromatic nitrogens is 3. The lowest BCUT2D eigenvalue weighted by atomic mass is 9.96. The Morgan fingerprint density at radius 1 is 1.52 bits per heavy atom. The number of carbonyl (C=O) groups is 1. The van der Waals surface area contributed by atoms with Crippen molar-refractivity contribution in [1.82, 2.24) is 19.9 Å². The lowest BCUT2D eigenvalue weighted by molar-refractivity contribution is -0.152. The number of anilines is 1. The summed E-state index contributed by atoms with van der Waals surface area (Å²) < 4.78 is 23.2. The highest BCUT2D eigenvalue weighted by molar-refractivity contribution is 5.75. The Labute approximate surface area is 189 Å². The minimum Gasteiger partial charge on any atom is -0.459 e. The minimum absolute atomic E-state index is 0.116. The summed E-state index contributed by atoms with van der Waals surface area (Å²) in [5, 5.41) is 37.9. The molecule has 2 aliphatic rings. The van der Waals surface area contributed by atoms with Crippen LogP contribution in [-0.2, 0) is 23.7 Å². The second-order valence-electron chi connectivity index (χ2n) is 8.02. The Bertz CT molecular complexity index is 1040. The zero-order valence-electron chi connectivity index (χ0n) is 18.0. The van der Waals surface area contributed by atoms with Crippen molar-refractivity contribution in [2.75, 3.05) is 32.3 Å². The number of nitrogens with zero attached hydrogens (tertiary/aromatic N) is 4. The first-order valence-corrected chi connectivity index (χ1v) is 10.5. The van der Waals surface area contributed by atoms with Gasteiger partial charge in [0, 0.05) is 6.42 Å². The second kappa shape index (κ2) is 9.56. The van der Waals surface area contributed by atoms with Crippen LogP contribution in [0.25, 0.3) is 5.52 Å². The number of hydrogen-bond acceptors (Lipinski definition) is 12. The maximum atomic E-state index is 12.1. The first kappa shape index (κ1) is 23.3. The quantitative estimate of drug-likeness (QED) is 0.206. The molecule has 13 nitrogen and oxygen atoms in total. The third kappa shape index (κ3) is 4.49. The third-order valence-corrected chi connectivity index (χ3v) is 5.77. The molecule has 0 unspecified atom stereocenters. The van der Waals surface area contributed by atoms with Gasteiger partial charge in [0.15, 0.2) is 5.82 Å². The van der Waals surface area contributed by atoms with Crippen LogP contribution in [0, 0.1) is 11.3 Å². The van der Waals surface area contributed by atoms with E-state index in [4.69, 9.17) is 24.7 Å². The fourth-order valence-corrected chi connectivity index (χ4v) is 3.82. The summed E-state index contributed by atoms with van der Waals surface area (Å²) in [4.78, 5) is 16.0. The molecule has 0 radical (unpaired) electrons. The van der Waals surface area contributed by atoms with Crippen LogP contribution in [0.15, 0.2) is 18.5 Å². The van der Waals surface area contributed by atoms with E-state index in [9.17, 15) is 20.3 Å². The molecule has 2 aliphatic heterocycles. The highest BCUT2D eigenvalue weighted by atomic mass is 16.6. The fraction of sp³-hybridized carbons (Fsp3) is 0.600. The van der Waals surface area contributed by atoms with Crippen molar-refractivity contribution in [2.24, 2.45) is 0 Å². The molecule has 0 amide bonds. The standard InChI is InChI=1S/C20H26N6O7/c1-11(19(29)32-12-4-5-30-6-12)24-10-31-8-20(7-21)17(28)15(27)16(33-20)13-2-3-14-18(22)23-9-25-26(13)14/h2-3,9,11-12,15-17,24,27-28H,4-6,8,10H2,1H3,(H2,22,23,25)/t11-,12-,15-,16-,17-,20+/m0/s1. The number of hydrogen-bond donors (Lipinski definition) is 4. The van der Waals surface area contributed by atoms with Crippen LogP contribution in [-0.4, -0.2) is 87.3 Å². The number of carbonyl (C=O) groups excluding carboxylic acids is 1. The predicted octanol–water partition coefficient (Wildman–Crippen LogP) is -1.35. The van der Waals surface area contributed by atoms with Gasteiger partial charge in [-0.2, -0.15) is 10.4 Å². The number of nitriles is 1. The molecule has 13 heteroatoms. The van der Waals surface area contributed by atoms with Crippen LogP contribution >= 0.6 is 0 Å². The third-order valence-electron chi connectivity index (χ3n) is 5.77. The summed E-state index contributed by atoms with van der Waals surface area (Å²) >= 11 is 0. The predicted molar refractivity (Wildman–Crippen MR) is 110 cm³/mol. The maximum Gasteiger partial charge on any atom is 0.323 e. The van der Waals surface area contributed by atoms with Gasteiger partial charge < -0.3 is 34.9 Å². The van der Waals surface area contributed by atoms with Crippen LogP contribution in [0.1, 0.15) is 25.1 Å². The Morgan fingerprint density at radius 2 is 2.33 bits per heavy atom. The van der Waals surface area contributed by atoms with E-state index in [2.05, 4.69) is 15.4 Å². The average Bonchev–Trinajstić information content (AvgIpc) is 3.53. The van der Waals surface area contributed by atoms with Crippen molar-refractivity contribution in [2.45, 2.75) is 49.4 Å². The van der Waals surface area contributed by atoms with Crippen molar-refractivity contribution in [3.8, 4) is 6.07 Å². The summed E-state index contributed by atoms with van der Waals surface area (Å²) in [6.07, 6.45) is -2.37. The number of esters is 1. The minimum atomic E-state index is -1.83. The largest absolute Gasteiger partial charge is 0.459 e. The lowest BCUT2D eigenvalue weighted by Crippen LogP contribution is -2.47. The van der Waals surface area contributed by atoms with Crippen molar-refractivity contribution in [3.63, 3.8) is 0 Å². The number of rotatable bonds is 8. The Hall–Kier alpha value is -2.86. The molecule has 0 bridgehead atoms. The van der Waals surface area contributed by atoms with Gasteiger partial charge in [-0.1, -0.05) is 0 Å². The fourth-order valence-electron chi connectivity index (χ4n) is 3.82. The second-order valence-corrected chi connectivity index (χ2v) is 8.02. The van der Waals surface area contributed by atoms with Crippen LogP contribution in [0.4, 0.5) is 5.82 Å². The molecule has 4 rings (SSSR count). The summed E-state index contributed by atoms with van der Waals surface area (Å²) in [6.45, 7) is 2.09. The number of aliphatic hydroxyl groups is 2. The summed E-state index contributed by atoms with van der Waals surface area (Å²) in [6, 6.07) is 4.53. The van der Waals surface area contributed by atoms with E-state index >= 15 is 0 Å². The molecule has 0 aromatic carbocycles. The van der Waals surface area contributed by atoms with Gasteiger partial charge in [-0.25, -0.2) is 9.50 Å². The molecule has 2 aromatic heterocycles. The molecule has 6 atom stereocenters. The van der Waals surface area contributed by atoms with Gasteiger partial charge in [0.1, 0.15) is 48.4 Å². The van der Waals surface area contributed by atoms with Crippen molar-refractivity contribution in [3.05, 3.63) is 24.2 Å². The van der Waals surface area contributed by atoms with Crippen LogP contribution in [0.5, 0.6) is 0 Å². The van der Waals surface area contributed by atoms with Crippen molar-refractivity contribution >= 4 is 17.3 Å². The number of aliphatic hydroxyl groups excluding tert-OH is 2. The molecule has 2 saturated heterocycles. The normalized spacial score (nSPS) is 30.4. The molecule has 4 heterocycles. The van der Waals surface area contributed by atoms with Gasteiger partial charge in [-0.15, -0.1) is 0 Å². The Morgan fingerprint density at radius 3 is 3.06 bits per heavy atom. The Kier molecular flexibility index (Phi) is 6.75. The van der Waals surface area contributed by atoms with Crippen LogP contribution < -0.4 is 11.1 Å². The van der Waals surface area contributed by atoms with E-state index in [0.717, 1.165) is 0 Å². The number of nitrogen functional groups attached to an aromatic ring is 1. The Balaban J connectivity index is 1.36. The van der Waals surface area contributed by atoms with E-state index < -0.39 is 35.9 Å². The van der Waals surface area contributed by atoms with Crippen molar-refractivity contribution in [1.29, 1.82) is 5.26 Å². The van der Waals surface area contributed by atoms with E-state index in [1.165, 1.54) is 10.8 Å². The van der Waals surface area contributed by atoms with Crippen molar-refractivity contribution < 1.29 is 34.0 Å². The molecule has 5 N–H and O–H groups in total. The van der Waals surface area contributed by atoms with E-state index in [0.29, 0.717) is 30.8 Å². The summed E-state index contributed by atoms with van der Waals surface area (Å²) in [7, 11) is 0. The topological polar surface area (TPSA) is 186 Å². The van der Waals surface area contributed by atoms with E-state index in [1.54, 1.807) is 19.1 Å². The number of nitrogens with one attached hydrogen (secondary N) is 1. The molecule has 0 aliphatic carbocycles.